The van der Waals surface area contributed by atoms with Gasteiger partial charge in [-0.1, -0.05) is 12.1 Å². The summed E-state index contributed by atoms with van der Waals surface area (Å²) in [7, 11) is -1.76. The highest BCUT2D eigenvalue weighted by atomic mass is 32.2. The molecule has 1 aromatic carbocycles. The van der Waals surface area contributed by atoms with Crippen molar-refractivity contribution >= 4 is 21.8 Å². The van der Waals surface area contributed by atoms with E-state index in [1.54, 1.807) is 24.3 Å². The molecule has 1 aromatic rings. The first-order chi connectivity index (χ1) is 7.45. The Morgan fingerprint density at radius 1 is 1.31 bits per heavy atom. The quantitative estimate of drug-likeness (QED) is 0.580. The second kappa shape index (κ2) is 4.92. The smallest absolute Gasteiger partial charge is 0.235 e. The van der Waals surface area contributed by atoms with Crippen LogP contribution in [0, 0.1) is 0 Å². The topological polar surface area (TPSA) is 66.8 Å². The number of isocyanates is 1. The van der Waals surface area contributed by atoms with E-state index in [2.05, 4.69) is 4.99 Å². The molecule has 6 heteroatoms. The molecule has 0 N–H and O–H groups in total. The number of benzene rings is 1. The van der Waals surface area contributed by atoms with Crippen LogP contribution in [0.2, 0.25) is 0 Å². The lowest BCUT2D eigenvalue weighted by molar-refractivity contribution is 0.562. The second-order valence-electron chi connectivity index (χ2n) is 3.30. The molecule has 0 aliphatic heterocycles. The molecule has 0 saturated carbocycles. The van der Waals surface area contributed by atoms with Gasteiger partial charge >= 0.3 is 0 Å². The number of aliphatic imine (C=N–C) groups is 1. The van der Waals surface area contributed by atoms with Gasteiger partial charge in [0.1, 0.15) is 0 Å². The van der Waals surface area contributed by atoms with Crippen LogP contribution in [0.4, 0.5) is 5.69 Å². The van der Waals surface area contributed by atoms with Gasteiger partial charge in [0.15, 0.2) is 0 Å². The first-order valence-corrected chi connectivity index (χ1v) is 6.36. The van der Waals surface area contributed by atoms with E-state index in [9.17, 15) is 13.2 Å². The molecule has 0 saturated heterocycles. The molecular formula is C10H12N2O3S. The molecule has 0 radical (unpaired) electrons. The third-order valence-corrected chi connectivity index (χ3v) is 3.33. The summed E-state index contributed by atoms with van der Waals surface area (Å²) in [5, 5.41) is 0. The van der Waals surface area contributed by atoms with Crippen LogP contribution in [-0.2, 0) is 21.4 Å². The lowest BCUT2D eigenvalue weighted by Gasteiger charge is -2.16. The van der Waals surface area contributed by atoms with E-state index in [0.717, 1.165) is 11.8 Å². The first-order valence-electron chi connectivity index (χ1n) is 4.51. The van der Waals surface area contributed by atoms with Crippen molar-refractivity contribution in [2.45, 2.75) is 6.54 Å². The number of nitrogens with zero attached hydrogens (tertiary/aromatic N) is 2. The summed E-state index contributed by atoms with van der Waals surface area (Å²) >= 11 is 0. The van der Waals surface area contributed by atoms with Crippen molar-refractivity contribution < 1.29 is 13.2 Å². The minimum absolute atomic E-state index is 0.256. The van der Waals surface area contributed by atoms with E-state index in [1.807, 2.05) is 0 Å². The summed E-state index contributed by atoms with van der Waals surface area (Å²) < 4.78 is 23.7. The zero-order chi connectivity index (χ0) is 12.2. The largest absolute Gasteiger partial charge is 0.274 e. The van der Waals surface area contributed by atoms with Crippen LogP contribution in [0.5, 0.6) is 0 Å². The summed E-state index contributed by atoms with van der Waals surface area (Å²) in [5.74, 6) is 0. The highest BCUT2D eigenvalue weighted by molar-refractivity contribution is 7.92. The highest BCUT2D eigenvalue weighted by Crippen LogP contribution is 2.16. The molecule has 0 aliphatic rings. The maximum absolute atomic E-state index is 11.2. The van der Waals surface area contributed by atoms with Crippen molar-refractivity contribution in [1.82, 2.24) is 0 Å². The second-order valence-corrected chi connectivity index (χ2v) is 5.32. The maximum Gasteiger partial charge on any atom is 0.235 e. The lowest BCUT2D eigenvalue weighted by atomic mass is 10.2. The predicted octanol–water partition coefficient (Wildman–Crippen LogP) is 0.918. The summed E-state index contributed by atoms with van der Waals surface area (Å²) in [6.07, 6.45) is 2.58. The molecule has 0 aliphatic carbocycles. The van der Waals surface area contributed by atoms with Gasteiger partial charge in [-0.05, 0) is 17.7 Å². The van der Waals surface area contributed by atoms with E-state index in [-0.39, 0.29) is 6.54 Å². The van der Waals surface area contributed by atoms with Crippen LogP contribution < -0.4 is 4.31 Å². The molecule has 0 atom stereocenters. The summed E-state index contributed by atoms with van der Waals surface area (Å²) in [6.45, 7) is 0.256. The Morgan fingerprint density at radius 3 is 2.31 bits per heavy atom. The lowest BCUT2D eigenvalue weighted by Crippen LogP contribution is -2.24. The van der Waals surface area contributed by atoms with Gasteiger partial charge in [-0.15, -0.1) is 0 Å². The average Bonchev–Trinajstić information content (AvgIpc) is 2.25. The molecule has 5 nitrogen and oxygen atoms in total. The van der Waals surface area contributed by atoms with Crippen molar-refractivity contribution in [3.05, 3.63) is 29.8 Å². The SMILES string of the molecule is CN(c1ccc(CN=C=O)cc1)S(C)(=O)=O. The first kappa shape index (κ1) is 12.4. The number of rotatable bonds is 4. The Bertz CT molecular complexity index is 501. The third-order valence-electron chi connectivity index (χ3n) is 2.12. The van der Waals surface area contributed by atoms with Gasteiger partial charge in [0.05, 0.1) is 18.5 Å². The van der Waals surface area contributed by atoms with Crippen LogP contribution in [0.15, 0.2) is 29.3 Å². The summed E-state index contributed by atoms with van der Waals surface area (Å²) in [5.41, 5.74) is 1.40. The van der Waals surface area contributed by atoms with Crippen molar-refractivity contribution in [2.24, 2.45) is 4.99 Å². The average molecular weight is 240 g/mol. The number of hydrogen-bond donors (Lipinski definition) is 0. The predicted molar refractivity (Wildman–Crippen MR) is 61.5 cm³/mol. The molecule has 0 spiro atoms. The number of carbonyl (C=O) groups excluding carboxylic acids is 1. The van der Waals surface area contributed by atoms with E-state index in [1.165, 1.54) is 17.4 Å². The fourth-order valence-electron chi connectivity index (χ4n) is 1.13. The van der Waals surface area contributed by atoms with Gasteiger partial charge in [0.25, 0.3) is 0 Å². The van der Waals surface area contributed by atoms with Crippen molar-refractivity contribution in [3.63, 3.8) is 0 Å². The zero-order valence-electron chi connectivity index (χ0n) is 9.04. The van der Waals surface area contributed by atoms with Crippen LogP contribution in [0.3, 0.4) is 0 Å². The fourth-order valence-corrected chi connectivity index (χ4v) is 1.63. The van der Waals surface area contributed by atoms with Gasteiger partial charge in [-0.2, -0.15) is 0 Å². The van der Waals surface area contributed by atoms with Gasteiger partial charge < -0.3 is 0 Å². The molecule has 1 rings (SSSR count). The number of hydrogen-bond acceptors (Lipinski definition) is 4. The molecule has 0 bridgehead atoms. The van der Waals surface area contributed by atoms with Crippen molar-refractivity contribution in [3.8, 4) is 0 Å². The molecule has 0 aromatic heterocycles. The third kappa shape index (κ3) is 3.18. The molecule has 86 valence electrons. The van der Waals surface area contributed by atoms with Gasteiger partial charge in [-0.3, -0.25) is 4.31 Å². The molecule has 0 fully saturated rings. The summed E-state index contributed by atoms with van der Waals surface area (Å²) in [4.78, 5) is 13.3. The van der Waals surface area contributed by atoms with Crippen LogP contribution >= 0.6 is 0 Å². The highest BCUT2D eigenvalue weighted by Gasteiger charge is 2.10. The Kier molecular flexibility index (Phi) is 3.82. The van der Waals surface area contributed by atoms with Crippen LogP contribution in [0.25, 0.3) is 0 Å². The molecule has 0 amide bonds. The summed E-state index contributed by atoms with van der Waals surface area (Å²) in [6, 6.07) is 6.77. The van der Waals surface area contributed by atoms with Gasteiger partial charge in [0, 0.05) is 7.05 Å². The fraction of sp³-hybridized carbons (Fsp3) is 0.300. The zero-order valence-corrected chi connectivity index (χ0v) is 9.86. The van der Waals surface area contributed by atoms with Crippen LogP contribution in [0.1, 0.15) is 5.56 Å². The molecular weight excluding hydrogens is 228 g/mol. The van der Waals surface area contributed by atoms with Gasteiger partial charge in [0.2, 0.25) is 16.1 Å². The minimum Gasteiger partial charge on any atom is -0.274 e. The van der Waals surface area contributed by atoms with E-state index >= 15 is 0 Å². The van der Waals surface area contributed by atoms with Crippen molar-refractivity contribution in [1.29, 1.82) is 0 Å². The van der Waals surface area contributed by atoms with E-state index < -0.39 is 10.0 Å². The molecule has 0 heterocycles. The minimum atomic E-state index is -3.24. The molecule has 16 heavy (non-hydrogen) atoms. The van der Waals surface area contributed by atoms with Crippen molar-refractivity contribution in [2.75, 3.05) is 17.6 Å². The Labute approximate surface area is 94.5 Å². The van der Waals surface area contributed by atoms with E-state index in [4.69, 9.17) is 0 Å². The van der Waals surface area contributed by atoms with Gasteiger partial charge in [-0.25, -0.2) is 18.2 Å². The Morgan fingerprint density at radius 2 is 1.88 bits per heavy atom. The van der Waals surface area contributed by atoms with Crippen LogP contribution in [-0.4, -0.2) is 27.8 Å². The van der Waals surface area contributed by atoms with E-state index in [0.29, 0.717) is 5.69 Å². The Balaban J connectivity index is 2.91. The number of anilines is 1. The number of sulfonamides is 1. The molecule has 0 unspecified atom stereocenters. The Hall–Kier alpha value is -1.65. The monoisotopic (exact) mass is 240 g/mol. The maximum atomic E-state index is 11.2. The normalized spacial score (nSPS) is 10.6. The standard InChI is InChI=1S/C10H12N2O3S/c1-12(16(2,14)15)10-5-3-9(4-6-10)7-11-8-13/h3-6H,7H2,1-2H3.